The highest BCUT2D eigenvalue weighted by atomic mass is 16.5. The van der Waals surface area contributed by atoms with Crippen LogP contribution in [-0.4, -0.2) is 20.2 Å². The van der Waals surface area contributed by atoms with Gasteiger partial charge in [-0.1, -0.05) is 12.1 Å². The van der Waals surface area contributed by atoms with E-state index in [1.807, 2.05) is 24.3 Å². The van der Waals surface area contributed by atoms with Crippen LogP contribution in [0.25, 0.3) is 0 Å². The Bertz CT molecular complexity index is 338. The zero-order chi connectivity index (χ0) is 11.3. The molecular formula is C11H16NO3+. The predicted octanol–water partition coefficient (Wildman–Crippen LogP) is 0.541. The fourth-order valence-corrected chi connectivity index (χ4v) is 1.40. The molecule has 0 aliphatic rings. The smallest absolute Gasteiger partial charge is 0.311 e. The number of carbonyl (C=O) groups excluding carboxylic acids is 1. The molecule has 0 aliphatic heterocycles. The first-order valence-electron chi connectivity index (χ1n) is 4.71. The SMILES string of the molecule is COC(=O)C[C@H]([NH3+])c1ccccc1OC. The van der Waals surface area contributed by atoms with E-state index in [-0.39, 0.29) is 18.4 Å². The van der Waals surface area contributed by atoms with Crippen molar-refractivity contribution in [2.24, 2.45) is 0 Å². The number of rotatable bonds is 4. The van der Waals surface area contributed by atoms with Gasteiger partial charge in [-0.25, -0.2) is 0 Å². The number of quaternary nitrogens is 1. The first-order valence-corrected chi connectivity index (χ1v) is 4.71. The molecule has 0 heterocycles. The summed E-state index contributed by atoms with van der Waals surface area (Å²) in [6.07, 6.45) is 0.261. The molecule has 1 aromatic rings. The molecule has 0 unspecified atom stereocenters. The maximum atomic E-state index is 11.1. The third-order valence-corrected chi connectivity index (χ3v) is 2.22. The summed E-state index contributed by atoms with van der Waals surface area (Å²) >= 11 is 0. The fraction of sp³-hybridized carbons (Fsp3) is 0.364. The summed E-state index contributed by atoms with van der Waals surface area (Å²) < 4.78 is 9.79. The highest BCUT2D eigenvalue weighted by Gasteiger charge is 2.18. The summed E-state index contributed by atoms with van der Waals surface area (Å²) in [7, 11) is 2.97. The normalized spacial score (nSPS) is 11.9. The number of methoxy groups -OCH3 is 2. The maximum absolute atomic E-state index is 11.1. The molecule has 0 radical (unpaired) electrons. The van der Waals surface area contributed by atoms with Crippen molar-refractivity contribution in [1.29, 1.82) is 0 Å². The Morgan fingerprint density at radius 2 is 2.07 bits per heavy atom. The van der Waals surface area contributed by atoms with Gasteiger partial charge >= 0.3 is 5.97 Å². The Morgan fingerprint density at radius 3 is 2.67 bits per heavy atom. The van der Waals surface area contributed by atoms with Crippen LogP contribution in [0.5, 0.6) is 5.75 Å². The summed E-state index contributed by atoms with van der Waals surface area (Å²) in [5.41, 5.74) is 4.85. The number of para-hydroxylation sites is 1. The lowest BCUT2D eigenvalue weighted by molar-refractivity contribution is -0.426. The Morgan fingerprint density at radius 1 is 1.40 bits per heavy atom. The highest BCUT2D eigenvalue weighted by Crippen LogP contribution is 2.23. The quantitative estimate of drug-likeness (QED) is 0.738. The Labute approximate surface area is 89.0 Å². The second-order valence-electron chi connectivity index (χ2n) is 3.22. The Hall–Kier alpha value is -1.55. The van der Waals surface area contributed by atoms with Crippen molar-refractivity contribution in [2.45, 2.75) is 12.5 Å². The van der Waals surface area contributed by atoms with E-state index in [2.05, 4.69) is 10.5 Å². The molecule has 0 saturated heterocycles. The lowest BCUT2D eigenvalue weighted by Crippen LogP contribution is -2.54. The number of hydrogen-bond donors (Lipinski definition) is 1. The largest absolute Gasteiger partial charge is 0.496 e. The van der Waals surface area contributed by atoms with Crippen molar-refractivity contribution in [3.8, 4) is 5.75 Å². The summed E-state index contributed by atoms with van der Waals surface area (Å²) in [4.78, 5) is 11.1. The lowest BCUT2D eigenvalue weighted by atomic mass is 10.0. The van der Waals surface area contributed by atoms with Gasteiger partial charge in [-0.2, -0.15) is 0 Å². The van der Waals surface area contributed by atoms with Gasteiger partial charge in [0.1, 0.15) is 18.2 Å². The number of ether oxygens (including phenoxy) is 2. The van der Waals surface area contributed by atoms with Gasteiger partial charge < -0.3 is 15.2 Å². The van der Waals surface area contributed by atoms with Crippen LogP contribution in [0.2, 0.25) is 0 Å². The van der Waals surface area contributed by atoms with Crippen LogP contribution in [-0.2, 0) is 9.53 Å². The van der Waals surface area contributed by atoms with E-state index in [9.17, 15) is 4.79 Å². The minimum Gasteiger partial charge on any atom is -0.496 e. The molecule has 4 nitrogen and oxygen atoms in total. The van der Waals surface area contributed by atoms with E-state index in [1.54, 1.807) is 7.11 Å². The van der Waals surface area contributed by atoms with Crippen molar-refractivity contribution >= 4 is 5.97 Å². The molecule has 0 bridgehead atoms. The van der Waals surface area contributed by atoms with Crippen LogP contribution in [0.3, 0.4) is 0 Å². The molecule has 1 atom stereocenters. The van der Waals surface area contributed by atoms with E-state index in [0.717, 1.165) is 11.3 Å². The molecule has 1 aromatic carbocycles. The highest BCUT2D eigenvalue weighted by molar-refractivity contribution is 5.70. The molecule has 82 valence electrons. The minimum absolute atomic E-state index is 0.145. The van der Waals surface area contributed by atoms with Crippen molar-refractivity contribution in [3.63, 3.8) is 0 Å². The predicted molar refractivity (Wildman–Crippen MR) is 55.3 cm³/mol. The molecular weight excluding hydrogens is 194 g/mol. The van der Waals surface area contributed by atoms with Crippen LogP contribution in [0, 0.1) is 0 Å². The van der Waals surface area contributed by atoms with Gasteiger partial charge in [0.15, 0.2) is 0 Å². The molecule has 0 amide bonds. The van der Waals surface area contributed by atoms with E-state index >= 15 is 0 Å². The summed E-state index contributed by atoms with van der Waals surface area (Å²) in [6, 6.07) is 7.39. The average Bonchev–Trinajstić information content (AvgIpc) is 2.28. The second-order valence-corrected chi connectivity index (χ2v) is 3.22. The van der Waals surface area contributed by atoms with Gasteiger partial charge in [-0.05, 0) is 12.1 Å². The van der Waals surface area contributed by atoms with E-state index in [1.165, 1.54) is 7.11 Å². The molecule has 3 N–H and O–H groups in total. The zero-order valence-corrected chi connectivity index (χ0v) is 9.03. The number of esters is 1. The first kappa shape index (κ1) is 11.5. The van der Waals surface area contributed by atoms with Crippen LogP contribution >= 0.6 is 0 Å². The number of carbonyl (C=O) groups is 1. The van der Waals surface area contributed by atoms with Gasteiger partial charge in [0.25, 0.3) is 0 Å². The summed E-state index contributed by atoms with van der Waals surface area (Å²) in [6.45, 7) is 0. The number of benzene rings is 1. The maximum Gasteiger partial charge on any atom is 0.311 e. The second kappa shape index (κ2) is 5.36. The molecule has 0 fully saturated rings. The lowest BCUT2D eigenvalue weighted by Gasteiger charge is -2.11. The first-order chi connectivity index (χ1) is 7.19. The van der Waals surface area contributed by atoms with E-state index in [4.69, 9.17) is 4.74 Å². The van der Waals surface area contributed by atoms with Gasteiger partial charge in [-0.15, -0.1) is 0 Å². The van der Waals surface area contributed by atoms with Crippen LogP contribution in [0.15, 0.2) is 24.3 Å². The van der Waals surface area contributed by atoms with Crippen LogP contribution in [0.4, 0.5) is 0 Å². The Kier molecular flexibility index (Phi) is 4.12. The van der Waals surface area contributed by atoms with Crippen LogP contribution in [0.1, 0.15) is 18.0 Å². The minimum atomic E-state index is -0.263. The fourth-order valence-electron chi connectivity index (χ4n) is 1.40. The third kappa shape index (κ3) is 2.95. The van der Waals surface area contributed by atoms with Crippen molar-refractivity contribution in [2.75, 3.05) is 14.2 Å². The molecule has 4 heteroatoms. The molecule has 15 heavy (non-hydrogen) atoms. The van der Waals surface area contributed by atoms with Gasteiger partial charge in [-0.3, -0.25) is 4.79 Å². The van der Waals surface area contributed by atoms with Gasteiger partial charge in [0.05, 0.1) is 19.8 Å². The molecule has 0 spiro atoms. The monoisotopic (exact) mass is 210 g/mol. The summed E-state index contributed by atoms with van der Waals surface area (Å²) in [5, 5.41) is 0. The van der Waals surface area contributed by atoms with Crippen molar-refractivity contribution < 1.29 is 20.0 Å². The summed E-state index contributed by atoms with van der Waals surface area (Å²) in [5.74, 6) is 0.488. The van der Waals surface area contributed by atoms with E-state index < -0.39 is 0 Å². The molecule has 0 saturated carbocycles. The Balaban J connectivity index is 2.80. The average molecular weight is 210 g/mol. The van der Waals surface area contributed by atoms with Crippen LogP contribution < -0.4 is 10.5 Å². The molecule has 0 aromatic heterocycles. The molecule has 0 aliphatic carbocycles. The standard InChI is InChI=1S/C11H15NO3/c1-14-10-6-4-3-5-8(10)9(12)7-11(13)15-2/h3-6,9H,7,12H2,1-2H3/p+1/t9-/m0/s1. The third-order valence-electron chi connectivity index (χ3n) is 2.22. The zero-order valence-electron chi connectivity index (χ0n) is 9.03. The van der Waals surface area contributed by atoms with Gasteiger partial charge in [0.2, 0.25) is 0 Å². The van der Waals surface area contributed by atoms with E-state index in [0.29, 0.717) is 0 Å². The number of hydrogen-bond acceptors (Lipinski definition) is 3. The van der Waals surface area contributed by atoms with Gasteiger partial charge in [0, 0.05) is 0 Å². The van der Waals surface area contributed by atoms with Crippen molar-refractivity contribution in [3.05, 3.63) is 29.8 Å². The topological polar surface area (TPSA) is 63.2 Å². The van der Waals surface area contributed by atoms with Crippen molar-refractivity contribution in [1.82, 2.24) is 0 Å². The molecule has 1 rings (SSSR count).